The number of para-hydroxylation sites is 1. The minimum atomic E-state index is -0.0771. The lowest BCUT2D eigenvalue weighted by atomic mass is 10.3. The molecule has 2 aromatic carbocycles. The summed E-state index contributed by atoms with van der Waals surface area (Å²) < 4.78 is 2.62. The van der Waals surface area contributed by atoms with Gasteiger partial charge in [0.1, 0.15) is 11.3 Å². The smallest absolute Gasteiger partial charge is 0.226 e. The maximum absolute atomic E-state index is 12.5. The molecule has 0 aliphatic rings. The monoisotopic (exact) mass is 462 g/mol. The molecule has 9 heteroatoms. The van der Waals surface area contributed by atoms with Crippen LogP contribution in [0.25, 0.3) is 15.3 Å². The molecule has 1 N–H and O–H groups in total. The van der Waals surface area contributed by atoms with Gasteiger partial charge in [-0.1, -0.05) is 40.6 Å². The largest absolute Gasteiger partial charge is 0.310 e. The van der Waals surface area contributed by atoms with Gasteiger partial charge in [0.2, 0.25) is 11.0 Å². The lowest BCUT2D eigenvalue weighted by Gasteiger charge is -2.06. The first-order valence-corrected chi connectivity index (χ1v) is 11.4. The maximum Gasteiger partial charge on any atom is 0.226 e. The van der Waals surface area contributed by atoms with Crippen LogP contribution in [0.4, 0.5) is 5.82 Å². The Labute approximate surface area is 186 Å². The van der Waals surface area contributed by atoms with Gasteiger partial charge in [0.05, 0.1) is 15.4 Å². The van der Waals surface area contributed by atoms with Gasteiger partial charge in [0.25, 0.3) is 0 Å². The normalized spacial score (nSPS) is 11.1. The molecule has 4 aromatic rings. The van der Waals surface area contributed by atoms with Crippen LogP contribution in [0.1, 0.15) is 12.1 Å². The Hall–Kier alpha value is -2.06. The van der Waals surface area contributed by atoms with Gasteiger partial charge in [-0.3, -0.25) is 4.79 Å². The van der Waals surface area contributed by atoms with E-state index in [0.29, 0.717) is 33.2 Å². The number of thioether (sulfide) groups is 1. The molecule has 1 amide bonds. The molecule has 148 valence electrons. The predicted molar refractivity (Wildman–Crippen MR) is 122 cm³/mol. The summed E-state index contributed by atoms with van der Waals surface area (Å²) in [7, 11) is 0. The van der Waals surface area contributed by atoms with Gasteiger partial charge in [-0.2, -0.15) is 9.78 Å². The number of hydrogen-bond acceptors (Lipinski definition) is 5. The van der Waals surface area contributed by atoms with E-state index in [-0.39, 0.29) is 5.91 Å². The number of aryl methyl sites for hydroxylation is 1. The summed E-state index contributed by atoms with van der Waals surface area (Å²) in [5.41, 5.74) is 1.53. The molecule has 0 aliphatic carbocycles. The second-order valence-corrected chi connectivity index (χ2v) is 9.29. The van der Waals surface area contributed by atoms with Crippen molar-refractivity contribution in [2.45, 2.75) is 18.2 Å². The number of halogens is 2. The zero-order valence-electron chi connectivity index (χ0n) is 15.4. The molecule has 0 saturated heterocycles. The van der Waals surface area contributed by atoms with E-state index < -0.39 is 0 Å². The summed E-state index contributed by atoms with van der Waals surface area (Å²) in [5, 5.41) is 9.39. The van der Waals surface area contributed by atoms with Crippen LogP contribution in [-0.2, 0) is 4.79 Å². The fraction of sp³-hybridized carbons (Fsp3) is 0.150. The van der Waals surface area contributed by atoms with Crippen LogP contribution in [-0.4, -0.2) is 26.4 Å². The van der Waals surface area contributed by atoms with E-state index >= 15 is 0 Å². The zero-order chi connectivity index (χ0) is 20.4. The standard InChI is InChI=1S/C20H16Cl2N4OS2/c1-12-11-17(23-18(27)9-10-28-14-7-5-13(21)6-8-14)26(25-12)20-24-19-15(22)3-2-4-16(19)29-20/h2-8,11H,9-10H2,1H3,(H,23,27). The fourth-order valence-electron chi connectivity index (χ4n) is 2.73. The molecule has 0 spiro atoms. The molecule has 0 saturated carbocycles. The number of aromatic nitrogens is 3. The second kappa shape index (κ2) is 8.75. The number of carbonyl (C=O) groups excluding carboxylic acids is 1. The number of hydrogen-bond donors (Lipinski definition) is 1. The van der Waals surface area contributed by atoms with E-state index in [4.69, 9.17) is 23.2 Å². The molecule has 0 bridgehead atoms. The van der Waals surface area contributed by atoms with E-state index in [1.165, 1.54) is 11.3 Å². The van der Waals surface area contributed by atoms with Gasteiger partial charge in [-0.05, 0) is 43.3 Å². The van der Waals surface area contributed by atoms with E-state index in [2.05, 4.69) is 15.4 Å². The molecule has 2 aromatic heterocycles. The van der Waals surface area contributed by atoms with Crippen molar-refractivity contribution in [3.8, 4) is 5.13 Å². The third kappa shape index (κ3) is 4.75. The summed E-state index contributed by atoms with van der Waals surface area (Å²) in [4.78, 5) is 18.1. The predicted octanol–water partition coefficient (Wildman–Crippen LogP) is 6.22. The van der Waals surface area contributed by atoms with Crippen molar-refractivity contribution in [1.29, 1.82) is 0 Å². The number of rotatable bonds is 6. The summed E-state index contributed by atoms with van der Waals surface area (Å²) in [6, 6.07) is 15.1. The Bertz CT molecular complexity index is 1170. The van der Waals surface area contributed by atoms with Crippen LogP contribution >= 0.6 is 46.3 Å². The number of benzene rings is 2. The highest BCUT2D eigenvalue weighted by molar-refractivity contribution is 7.99. The number of thiazole rings is 1. The number of nitrogens with one attached hydrogen (secondary N) is 1. The highest BCUT2D eigenvalue weighted by atomic mass is 35.5. The van der Waals surface area contributed by atoms with E-state index in [1.54, 1.807) is 16.4 Å². The van der Waals surface area contributed by atoms with Gasteiger partial charge in [-0.25, -0.2) is 4.98 Å². The average Bonchev–Trinajstić information content (AvgIpc) is 3.27. The third-order valence-electron chi connectivity index (χ3n) is 4.05. The summed E-state index contributed by atoms with van der Waals surface area (Å²) in [6.07, 6.45) is 0.378. The van der Waals surface area contributed by atoms with Crippen LogP contribution < -0.4 is 5.32 Å². The number of carbonyl (C=O) groups is 1. The molecular formula is C20H16Cl2N4OS2. The summed E-state index contributed by atoms with van der Waals surface area (Å²) in [6.45, 7) is 1.88. The summed E-state index contributed by atoms with van der Waals surface area (Å²) >= 11 is 15.2. The van der Waals surface area contributed by atoms with Crippen molar-refractivity contribution in [3.63, 3.8) is 0 Å². The minimum Gasteiger partial charge on any atom is -0.310 e. The minimum absolute atomic E-state index is 0.0771. The van der Waals surface area contributed by atoms with Crippen molar-refractivity contribution in [2.75, 3.05) is 11.1 Å². The van der Waals surface area contributed by atoms with Gasteiger partial charge in [0.15, 0.2) is 0 Å². The van der Waals surface area contributed by atoms with Gasteiger partial charge in [-0.15, -0.1) is 11.8 Å². The Kier molecular flexibility index (Phi) is 6.10. The van der Waals surface area contributed by atoms with Crippen LogP contribution in [0.15, 0.2) is 53.4 Å². The first-order valence-electron chi connectivity index (χ1n) is 8.80. The lowest BCUT2D eigenvalue weighted by molar-refractivity contribution is -0.115. The van der Waals surface area contributed by atoms with Crippen molar-refractivity contribution in [1.82, 2.24) is 14.8 Å². The topological polar surface area (TPSA) is 59.8 Å². The number of amides is 1. The molecule has 4 rings (SSSR count). The van der Waals surface area contributed by atoms with Crippen LogP contribution in [0.2, 0.25) is 10.0 Å². The first kappa shape index (κ1) is 20.2. The quantitative estimate of drug-likeness (QED) is 0.345. The molecule has 0 unspecified atom stereocenters. The van der Waals surface area contributed by atoms with Crippen LogP contribution in [0.5, 0.6) is 0 Å². The van der Waals surface area contributed by atoms with Crippen molar-refractivity contribution >= 4 is 68.2 Å². The molecule has 0 radical (unpaired) electrons. The van der Waals surface area contributed by atoms with Crippen molar-refractivity contribution < 1.29 is 4.79 Å². The first-order chi connectivity index (χ1) is 14.0. The van der Waals surface area contributed by atoms with Crippen LogP contribution in [0.3, 0.4) is 0 Å². The maximum atomic E-state index is 12.5. The highest BCUT2D eigenvalue weighted by Gasteiger charge is 2.15. The van der Waals surface area contributed by atoms with E-state index in [0.717, 1.165) is 20.8 Å². The molecule has 0 fully saturated rings. The molecule has 0 atom stereocenters. The van der Waals surface area contributed by atoms with Crippen molar-refractivity contribution in [2.24, 2.45) is 0 Å². The van der Waals surface area contributed by atoms with E-state index in [9.17, 15) is 4.79 Å². The average molecular weight is 463 g/mol. The molecule has 29 heavy (non-hydrogen) atoms. The fourth-order valence-corrected chi connectivity index (χ4v) is 4.93. The molecule has 5 nitrogen and oxygen atoms in total. The van der Waals surface area contributed by atoms with Crippen molar-refractivity contribution in [3.05, 3.63) is 64.3 Å². The SMILES string of the molecule is Cc1cc(NC(=O)CCSc2ccc(Cl)cc2)n(-c2nc3c(Cl)cccc3s2)n1. The zero-order valence-corrected chi connectivity index (χ0v) is 18.5. The van der Waals surface area contributed by atoms with Gasteiger partial charge in [0, 0.05) is 28.2 Å². The molecular weight excluding hydrogens is 447 g/mol. The summed E-state index contributed by atoms with van der Waals surface area (Å²) in [5.74, 6) is 1.18. The Morgan fingerprint density at radius 3 is 2.76 bits per heavy atom. The number of nitrogens with zero attached hydrogens (tertiary/aromatic N) is 3. The van der Waals surface area contributed by atoms with Gasteiger partial charge < -0.3 is 5.32 Å². The highest BCUT2D eigenvalue weighted by Crippen LogP contribution is 2.31. The molecule has 2 heterocycles. The lowest BCUT2D eigenvalue weighted by Crippen LogP contribution is -2.15. The molecule has 0 aliphatic heterocycles. The van der Waals surface area contributed by atoms with Gasteiger partial charge >= 0.3 is 0 Å². The second-order valence-electron chi connectivity index (χ2n) is 6.27. The number of fused-ring (bicyclic) bond motifs is 1. The van der Waals surface area contributed by atoms with E-state index in [1.807, 2.05) is 55.5 Å². The Morgan fingerprint density at radius 2 is 2.00 bits per heavy atom. The Balaban J connectivity index is 1.45. The number of anilines is 1. The Morgan fingerprint density at radius 1 is 1.21 bits per heavy atom. The third-order valence-corrected chi connectivity index (χ3v) is 6.62. The van der Waals surface area contributed by atoms with Crippen LogP contribution in [0, 0.1) is 6.92 Å².